The molecule has 2 heterocycles. The van der Waals surface area contributed by atoms with Crippen molar-refractivity contribution in [2.75, 3.05) is 27.3 Å². The van der Waals surface area contributed by atoms with E-state index in [2.05, 4.69) is 12.1 Å². The number of hydrogen-bond donors (Lipinski definition) is 0. The van der Waals surface area contributed by atoms with Crippen LogP contribution in [0.4, 0.5) is 0 Å². The molecule has 146 valence electrons. The van der Waals surface area contributed by atoms with E-state index in [-0.39, 0.29) is 11.8 Å². The van der Waals surface area contributed by atoms with Gasteiger partial charge in [-0.3, -0.25) is 4.79 Å². The molecule has 1 amide bonds. The number of aromatic nitrogens is 1. The first-order valence-electron chi connectivity index (χ1n) is 9.60. The number of carbonyl (C=O) groups excluding carboxylic acids is 1. The van der Waals surface area contributed by atoms with Crippen molar-refractivity contribution >= 4 is 16.8 Å². The first-order chi connectivity index (χ1) is 13.5. The van der Waals surface area contributed by atoms with Crippen LogP contribution in [0.1, 0.15) is 34.0 Å². The molecule has 1 atom stereocenters. The van der Waals surface area contributed by atoms with Crippen LogP contribution < -0.4 is 9.47 Å². The summed E-state index contributed by atoms with van der Waals surface area (Å²) >= 11 is 0. The van der Waals surface area contributed by atoms with E-state index in [1.165, 1.54) is 0 Å². The van der Waals surface area contributed by atoms with Crippen LogP contribution in [0, 0.1) is 6.92 Å². The predicted molar refractivity (Wildman–Crippen MR) is 110 cm³/mol. The summed E-state index contributed by atoms with van der Waals surface area (Å²) in [4.78, 5) is 15.3. The molecule has 2 aromatic carbocycles. The molecule has 0 N–H and O–H groups in total. The fourth-order valence-corrected chi connectivity index (χ4v) is 4.39. The molecule has 1 saturated heterocycles. The maximum Gasteiger partial charge on any atom is 0.270 e. The highest BCUT2D eigenvalue weighted by atomic mass is 16.5. The fraction of sp³-hybridized carbons (Fsp3) is 0.348. The first-order valence-corrected chi connectivity index (χ1v) is 9.60. The highest BCUT2D eigenvalue weighted by Gasteiger charge is 2.32. The minimum Gasteiger partial charge on any atom is -0.497 e. The molecule has 0 saturated carbocycles. The number of ether oxygens (including phenoxy) is 2. The molecule has 0 aliphatic carbocycles. The van der Waals surface area contributed by atoms with Crippen LogP contribution >= 0.6 is 0 Å². The zero-order chi connectivity index (χ0) is 19.8. The minimum atomic E-state index is 0.0977. The van der Waals surface area contributed by atoms with E-state index in [1.54, 1.807) is 14.2 Å². The summed E-state index contributed by atoms with van der Waals surface area (Å²) in [5.41, 5.74) is 4.02. The Labute approximate surface area is 165 Å². The summed E-state index contributed by atoms with van der Waals surface area (Å²) < 4.78 is 13.0. The fourth-order valence-electron chi connectivity index (χ4n) is 4.39. The van der Waals surface area contributed by atoms with Gasteiger partial charge in [-0.2, -0.15) is 0 Å². The SMILES string of the molecule is COc1ccc(OC)c([C@H]2CCN(C(=O)c3c(C)c4ccccc4n3C)C2)c1. The molecule has 1 aliphatic rings. The number of para-hydroxylation sites is 1. The van der Waals surface area contributed by atoms with Crippen LogP contribution in [0.15, 0.2) is 42.5 Å². The standard InChI is InChI=1S/C23H26N2O3/c1-15-18-7-5-6-8-20(18)24(2)22(15)23(26)25-12-11-16(14-25)19-13-17(27-3)9-10-21(19)28-4/h5-10,13,16H,11-12,14H2,1-4H3/t16-/m0/s1. The normalized spacial score (nSPS) is 16.6. The van der Waals surface area contributed by atoms with Crippen molar-refractivity contribution in [3.05, 3.63) is 59.3 Å². The van der Waals surface area contributed by atoms with Gasteiger partial charge < -0.3 is 18.9 Å². The lowest BCUT2D eigenvalue weighted by Crippen LogP contribution is -2.30. The van der Waals surface area contributed by atoms with Gasteiger partial charge >= 0.3 is 0 Å². The Bertz CT molecular complexity index is 999. The smallest absolute Gasteiger partial charge is 0.270 e. The molecule has 3 aromatic rings. The highest BCUT2D eigenvalue weighted by molar-refractivity contribution is 6.01. The summed E-state index contributed by atoms with van der Waals surface area (Å²) in [6.07, 6.45) is 0.915. The predicted octanol–water partition coefficient (Wildman–Crippen LogP) is 4.13. The van der Waals surface area contributed by atoms with Crippen molar-refractivity contribution < 1.29 is 14.3 Å². The van der Waals surface area contributed by atoms with Gasteiger partial charge in [0.1, 0.15) is 17.2 Å². The van der Waals surface area contributed by atoms with Gasteiger partial charge in [0.25, 0.3) is 5.91 Å². The minimum absolute atomic E-state index is 0.0977. The Hall–Kier alpha value is -2.95. The number of rotatable bonds is 4. The number of likely N-dealkylation sites (tertiary alicyclic amines) is 1. The van der Waals surface area contributed by atoms with Gasteiger partial charge in [0, 0.05) is 42.5 Å². The van der Waals surface area contributed by atoms with Gasteiger partial charge in [-0.15, -0.1) is 0 Å². The van der Waals surface area contributed by atoms with Crippen LogP contribution in [0.3, 0.4) is 0 Å². The number of amides is 1. The van der Waals surface area contributed by atoms with Crippen molar-refractivity contribution in [3.63, 3.8) is 0 Å². The lowest BCUT2D eigenvalue weighted by atomic mass is 9.97. The Morgan fingerprint density at radius 3 is 2.61 bits per heavy atom. The first kappa shape index (κ1) is 18.4. The number of hydrogen-bond acceptors (Lipinski definition) is 3. The average Bonchev–Trinajstić information content (AvgIpc) is 3.31. The van der Waals surface area contributed by atoms with E-state index in [4.69, 9.17) is 9.47 Å². The Morgan fingerprint density at radius 2 is 1.89 bits per heavy atom. The third-order valence-electron chi connectivity index (χ3n) is 5.91. The molecule has 28 heavy (non-hydrogen) atoms. The van der Waals surface area contributed by atoms with Crippen molar-refractivity contribution in [1.82, 2.24) is 9.47 Å². The third kappa shape index (κ3) is 2.91. The third-order valence-corrected chi connectivity index (χ3v) is 5.91. The monoisotopic (exact) mass is 378 g/mol. The van der Waals surface area contributed by atoms with Crippen LogP contribution in [0.2, 0.25) is 0 Å². The Morgan fingerprint density at radius 1 is 1.11 bits per heavy atom. The summed E-state index contributed by atoms with van der Waals surface area (Å²) in [7, 11) is 5.32. The largest absolute Gasteiger partial charge is 0.497 e. The Balaban J connectivity index is 1.63. The Kier molecular flexibility index (Phi) is 4.75. The van der Waals surface area contributed by atoms with E-state index in [1.807, 2.05) is 53.8 Å². The molecule has 4 rings (SSSR count). The van der Waals surface area contributed by atoms with E-state index >= 15 is 0 Å². The van der Waals surface area contributed by atoms with Crippen LogP contribution in [0.25, 0.3) is 10.9 Å². The second kappa shape index (κ2) is 7.23. The summed E-state index contributed by atoms with van der Waals surface area (Å²) in [5, 5.41) is 1.14. The van der Waals surface area contributed by atoms with Crippen molar-refractivity contribution in [3.8, 4) is 11.5 Å². The van der Waals surface area contributed by atoms with E-state index in [0.29, 0.717) is 6.54 Å². The summed E-state index contributed by atoms with van der Waals surface area (Å²) in [6.45, 7) is 3.46. The van der Waals surface area contributed by atoms with Gasteiger partial charge in [0.2, 0.25) is 0 Å². The van der Waals surface area contributed by atoms with Gasteiger partial charge in [0.15, 0.2) is 0 Å². The lowest BCUT2D eigenvalue weighted by Gasteiger charge is -2.19. The summed E-state index contributed by atoms with van der Waals surface area (Å²) in [6, 6.07) is 14.0. The zero-order valence-electron chi connectivity index (χ0n) is 16.9. The van der Waals surface area contributed by atoms with E-state index in [0.717, 1.165) is 52.2 Å². The molecule has 1 aliphatic heterocycles. The van der Waals surface area contributed by atoms with Gasteiger partial charge in [-0.25, -0.2) is 0 Å². The number of aryl methyl sites for hydroxylation is 2. The van der Waals surface area contributed by atoms with Crippen LogP contribution in [-0.2, 0) is 7.05 Å². The number of fused-ring (bicyclic) bond motifs is 1. The second-order valence-electron chi connectivity index (χ2n) is 7.39. The highest BCUT2D eigenvalue weighted by Crippen LogP contribution is 2.37. The maximum absolute atomic E-state index is 13.4. The van der Waals surface area contributed by atoms with Gasteiger partial charge in [-0.05, 0) is 43.2 Å². The molecule has 1 aromatic heterocycles. The van der Waals surface area contributed by atoms with Crippen molar-refractivity contribution in [2.45, 2.75) is 19.3 Å². The molecule has 0 spiro atoms. The molecule has 1 fully saturated rings. The molecular formula is C23H26N2O3. The van der Waals surface area contributed by atoms with Crippen molar-refractivity contribution in [2.24, 2.45) is 7.05 Å². The maximum atomic E-state index is 13.4. The molecule has 0 unspecified atom stereocenters. The van der Waals surface area contributed by atoms with Gasteiger partial charge in [0.05, 0.1) is 14.2 Å². The average molecular weight is 378 g/mol. The second-order valence-corrected chi connectivity index (χ2v) is 7.39. The van der Waals surface area contributed by atoms with Crippen LogP contribution in [-0.4, -0.2) is 42.7 Å². The number of methoxy groups -OCH3 is 2. The number of benzene rings is 2. The quantitative estimate of drug-likeness (QED) is 0.686. The topological polar surface area (TPSA) is 43.7 Å². The molecule has 5 nitrogen and oxygen atoms in total. The van der Waals surface area contributed by atoms with E-state index < -0.39 is 0 Å². The molecule has 5 heteroatoms. The van der Waals surface area contributed by atoms with E-state index in [9.17, 15) is 4.79 Å². The number of carbonyl (C=O) groups is 1. The van der Waals surface area contributed by atoms with Gasteiger partial charge in [-0.1, -0.05) is 18.2 Å². The summed E-state index contributed by atoms with van der Waals surface area (Å²) in [5.74, 6) is 2.00. The zero-order valence-corrected chi connectivity index (χ0v) is 16.9. The molecule has 0 bridgehead atoms. The number of nitrogens with zero attached hydrogens (tertiary/aromatic N) is 2. The van der Waals surface area contributed by atoms with Crippen LogP contribution in [0.5, 0.6) is 11.5 Å². The lowest BCUT2D eigenvalue weighted by molar-refractivity contribution is 0.0781. The molecule has 0 radical (unpaired) electrons. The van der Waals surface area contributed by atoms with Crippen molar-refractivity contribution in [1.29, 1.82) is 0 Å². The molecular weight excluding hydrogens is 352 g/mol.